The van der Waals surface area contributed by atoms with Gasteiger partial charge >= 0.3 is 5.97 Å². The first-order valence-corrected chi connectivity index (χ1v) is 10.3. The summed E-state index contributed by atoms with van der Waals surface area (Å²) in [5.41, 5.74) is 7.46. The molecule has 4 aromatic rings. The van der Waals surface area contributed by atoms with Crippen molar-refractivity contribution in [1.29, 1.82) is 0 Å². The Bertz CT molecular complexity index is 1270. The Morgan fingerprint density at radius 3 is 2.03 bits per heavy atom. The van der Waals surface area contributed by atoms with Gasteiger partial charge in [0.15, 0.2) is 0 Å². The van der Waals surface area contributed by atoms with Crippen molar-refractivity contribution in [3.05, 3.63) is 120 Å². The van der Waals surface area contributed by atoms with Crippen LogP contribution in [-0.4, -0.2) is 23.1 Å². The molecule has 0 aliphatic rings. The molecule has 0 bridgehead atoms. The van der Waals surface area contributed by atoms with Crippen LogP contribution >= 0.6 is 0 Å². The maximum Gasteiger partial charge on any atom is 0.343 e. The molecule has 6 heteroatoms. The van der Waals surface area contributed by atoms with Crippen molar-refractivity contribution < 1.29 is 14.3 Å². The van der Waals surface area contributed by atoms with Crippen LogP contribution in [-0.2, 0) is 0 Å². The normalized spacial score (nSPS) is 10.7. The van der Waals surface area contributed by atoms with E-state index in [1.165, 1.54) is 24.2 Å². The molecular weight excluding hydrogens is 414 g/mol. The number of ether oxygens (including phenoxy) is 1. The van der Waals surface area contributed by atoms with Gasteiger partial charge in [0, 0.05) is 18.0 Å². The molecule has 3 aromatic carbocycles. The molecule has 1 aromatic heterocycles. The van der Waals surface area contributed by atoms with Crippen molar-refractivity contribution >= 4 is 18.1 Å². The number of benzene rings is 3. The molecule has 0 saturated carbocycles. The molecular formula is C27H21N3O3. The Morgan fingerprint density at radius 1 is 0.788 bits per heavy atom. The third-order valence-corrected chi connectivity index (χ3v) is 4.92. The van der Waals surface area contributed by atoms with Crippen LogP contribution in [0.4, 0.5) is 0 Å². The predicted octanol–water partition coefficient (Wildman–Crippen LogP) is 5.04. The molecule has 0 fully saturated rings. The Labute approximate surface area is 191 Å². The van der Waals surface area contributed by atoms with Crippen LogP contribution in [0, 0.1) is 6.92 Å². The van der Waals surface area contributed by atoms with E-state index in [4.69, 9.17) is 4.74 Å². The van der Waals surface area contributed by atoms with Gasteiger partial charge in [0.1, 0.15) is 5.75 Å². The van der Waals surface area contributed by atoms with Crippen LogP contribution in [0.1, 0.15) is 31.8 Å². The smallest absolute Gasteiger partial charge is 0.343 e. The van der Waals surface area contributed by atoms with E-state index in [-0.39, 0.29) is 5.91 Å². The fourth-order valence-electron chi connectivity index (χ4n) is 3.07. The SMILES string of the molecule is Cc1ccc(-c2ccc(C(=O)Oc3ccc(/C=N/NC(=O)c4ccncc4)cc3)cc2)cc1. The van der Waals surface area contributed by atoms with E-state index in [2.05, 4.69) is 39.8 Å². The maximum absolute atomic E-state index is 12.5. The minimum absolute atomic E-state index is 0.326. The molecule has 1 amide bonds. The van der Waals surface area contributed by atoms with E-state index in [0.29, 0.717) is 16.9 Å². The number of rotatable bonds is 6. The second kappa shape index (κ2) is 10.2. The van der Waals surface area contributed by atoms with Crippen molar-refractivity contribution in [2.45, 2.75) is 6.92 Å². The summed E-state index contributed by atoms with van der Waals surface area (Å²) in [6, 6.07) is 25.6. The number of nitrogens with one attached hydrogen (secondary N) is 1. The lowest BCUT2D eigenvalue weighted by atomic mass is 10.0. The Hall–Kier alpha value is -4.58. The number of nitrogens with zero attached hydrogens (tertiary/aromatic N) is 2. The summed E-state index contributed by atoms with van der Waals surface area (Å²) < 4.78 is 5.46. The second-order valence-electron chi connectivity index (χ2n) is 7.34. The summed E-state index contributed by atoms with van der Waals surface area (Å²) in [5, 5.41) is 3.94. The zero-order chi connectivity index (χ0) is 23.0. The van der Waals surface area contributed by atoms with Crippen LogP contribution in [0.15, 0.2) is 102 Å². The molecule has 0 unspecified atom stereocenters. The van der Waals surface area contributed by atoms with Gasteiger partial charge in [-0.1, -0.05) is 42.0 Å². The average molecular weight is 435 g/mol. The number of hydrogen-bond acceptors (Lipinski definition) is 5. The second-order valence-corrected chi connectivity index (χ2v) is 7.34. The minimum atomic E-state index is -0.434. The summed E-state index contributed by atoms with van der Waals surface area (Å²) in [7, 11) is 0. The van der Waals surface area contributed by atoms with E-state index in [1.54, 1.807) is 48.5 Å². The molecule has 0 radical (unpaired) electrons. The van der Waals surface area contributed by atoms with Crippen LogP contribution in [0.3, 0.4) is 0 Å². The van der Waals surface area contributed by atoms with Gasteiger partial charge in [0.25, 0.3) is 5.91 Å². The third kappa shape index (κ3) is 5.77. The summed E-state index contributed by atoms with van der Waals surface area (Å²) in [5.74, 6) is -0.343. The standard InChI is InChI=1S/C27H21N3O3/c1-19-2-6-21(7-3-19)22-8-10-24(11-9-22)27(32)33-25-12-4-20(5-13-25)18-29-30-26(31)23-14-16-28-17-15-23/h2-18H,1H3,(H,30,31)/b29-18+. The number of esters is 1. The van der Waals surface area contributed by atoms with Gasteiger partial charge in [0.05, 0.1) is 11.8 Å². The number of aromatic nitrogens is 1. The third-order valence-electron chi connectivity index (χ3n) is 4.92. The lowest BCUT2D eigenvalue weighted by molar-refractivity contribution is 0.0734. The zero-order valence-electron chi connectivity index (χ0n) is 17.9. The number of pyridine rings is 1. The number of hydrogen-bond donors (Lipinski definition) is 1. The van der Waals surface area contributed by atoms with E-state index in [1.807, 2.05) is 19.1 Å². The van der Waals surface area contributed by atoms with Gasteiger partial charge in [-0.25, -0.2) is 10.2 Å². The highest BCUT2D eigenvalue weighted by Gasteiger charge is 2.09. The largest absolute Gasteiger partial charge is 0.423 e. The van der Waals surface area contributed by atoms with E-state index < -0.39 is 5.97 Å². The minimum Gasteiger partial charge on any atom is -0.423 e. The summed E-state index contributed by atoms with van der Waals surface area (Å²) in [6.07, 6.45) is 4.59. The molecule has 1 N–H and O–H groups in total. The van der Waals surface area contributed by atoms with Gasteiger partial charge in [-0.3, -0.25) is 9.78 Å². The van der Waals surface area contributed by atoms with Gasteiger partial charge in [-0.05, 0) is 72.1 Å². The number of aryl methyl sites for hydroxylation is 1. The quantitative estimate of drug-likeness (QED) is 0.199. The molecule has 33 heavy (non-hydrogen) atoms. The predicted molar refractivity (Wildman–Crippen MR) is 127 cm³/mol. The van der Waals surface area contributed by atoms with Gasteiger partial charge < -0.3 is 4.74 Å². The monoisotopic (exact) mass is 435 g/mol. The molecule has 162 valence electrons. The molecule has 4 rings (SSSR count). The topological polar surface area (TPSA) is 80.6 Å². The summed E-state index contributed by atoms with van der Waals surface area (Å²) in [6.45, 7) is 2.05. The summed E-state index contributed by atoms with van der Waals surface area (Å²) >= 11 is 0. The summed E-state index contributed by atoms with van der Waals surface area (Å²) in [4.78, 5) is 28.3. The van der Waals surface area contributed by atoms with E-state index >= 15 is 0 Å². The van der Waals surface area contributed by atoms with Crippen LogP contribution in [0.25, 0.3) is 11.1 Å². The molecule has 0 saturated heterocycles. The number of hydrazone groups is 1. The molecule has 0 aliphatic heterocycles. The first-order valence-electron chi connectivity index (χ1n) is 10.3. The lowest BCUT2D eigenvalue weighted by Gasteiger charge is -2.06. The fourth-order valence-corrected chi connectivity index (χ4v) is 3.07. The van der Waals surface area contributed by atoms with Crippen LogP contribution in [0.2, 0.25) is 0 Å². The molecule has 1 heterocycles. The number of carbonyl (C=O) groups is 2. The van der Waals surface area contributed by atoms with Crippen LogP contribution in [0.5, 0.6) is 5.75 Å². The van der Waals surface area contributed by atoms with Gasteiger partial charge in [-0.2, -0.15) is 5.10 Å². The number of carbonyl (C=O) groups excluding carboxylic acids is 2. The highest BCUT2D eigenvalue weighted by molar-refractivity contribution is 5.94. The molecule has 0 aliphatic carbocycles. The number of amides is 1. The Balaban J connectivity index is 1.33. The highest BCUT2D eigenvalue weighted by Crippen LogP contribution is 2.21. The Kier molecular flexibility index (Phi) is 6.66. The maximum atomic E-state index is 12.5. The zero-order valence-corrected chi connectivity index (χ0v) is 17.9. The first-order chi connectivity index (χ1) is 16.1. The average Bonchev–Trinajstić information content (AvgIpc) is 2.86. The fraction of sp³-hybridized carbons (Fsp3) is 0.0370. The highest BCUT2D eigenvalue weighted by atomic mass is 16.5. The van der Waals surface area contributed by atoms with Crippen molar-refractivity contribution in [3.8, 4) is 16.9 Å². The van der Waals surface area contributed by atoms with Gasteiger partial charge in [-0.15, -0.1) is 0 Å². The van der Waals surface area contributed by atoms with Crippen LogP contribution < -0.4 is 10.2 Å². The van der Waals surface area contributed by atoms with Crippen molar-refractivity contribution in [3.63, 3.8) is 0 Å². The molecule has 6 nitrogen and oxygen atoms in total. The van der Waals surface area contributed by atoms with Gasteiger partial charge in [0.2, 0.25) is 0 Å². The van der Waals surface area contributed by atoms with Crippen molar-refractivity contribution in [2.24, 2.45) is 5.10 Å². The molecule has 0 atom stereocenters. The van der Waals surface area contributed by atoms with Crippen molar-refractivity contribution in [2.75, 3.05) is 0 Å². The van der Waals surface area contributed by atoms with Crippen molar-refractivity contribution in [1.82, 2.24) is 10.4 Å². The van der Waals surface area contributed by atoms with E-state index in [0.717, 1.165) is 16.7 Å². The Morgan fingerprint density at radius 2 is 1.39 bits per heavy atom. The first kappa shape index (κ1) is 21.6. The van der Waals surface area contributed by atoms with E-state index in [9.17, 15) is 9.59 Å². The molecule has 0 spiro atoms. The lowest BCUT2D eigenvalue weighted by Crippen LogP contribution is -2.17.